The van der Waals surface area contributed by atoms with Crippen LogP contribution >= 0.6 is 0 Å². The molecule has 0 aromatic carbocycles. The van der Waals surface area contributed by atoms with Crippen LogP contribution in [0.3, 0.4) is 0 Å². The molecule has 2 atom stereocenters. The second-order valence-corrected chi connectivity index (χ2v) is 4.44. The van der Waals surface area contributed by atoms with E-state index in [1.807, 2.05) is 0 Å². The minimum atomic E-state index is -0.939. The Bertz CT molecular complexity index is 267. The standard InChI is InChI=1S/C11H20N2O4/c1-17-9-4-2-3-8(5-9)13(6-10(12)14)7-11(15)16/h8-9H,2-7H2,1H3,(H2,12,14)(H,15,16). The maximum absolute atomic E-state index is 10.9. The zero-order valence-corrected chi connectivity index (χ0v) is 10.1. The number of carboxylic acids is 1. The number of hydrogen-bond donors (Lipinski definition) is 2. The van der Waals surface area contributed by atoms with Gasteiger partial charge in [-0.05, 0) is 25.7 Å². The number of amides is 1. The molecule has 98 valence electrons. The number of carbonyl (C=O) groups excluding carboxylic acids is 1. The molecule has 0 saturated heterocycles. The number of methoxy groups -OCH3 is 1. The molecule has 17 heavy (non-hydrogen) atoms. The van der Waals surface area contributed by atoms with Crippen molar-refractivity contribution in [1.82, 2.24) is 4.90 Å². The molecule has 0 heterocycles. The van der Waals surface area contributed by atoms with Crippen LogP contribution in [0.15, 0.2) is 0 Å². The fourth-order valence-electron chi connectivity index (χ4n) is 2.35. The van der Waals surface area contributed by atoms with Crippen molar-refractivity contribution in [2.75, 3.05) is 20.2 Å². The molecule has 0 aromatic rings. The van der Waals surface area contributed by atoms with Gasteiger partial charge in [-0.25, -0.2) is 0 Å². The van der Waals surface area contributed by atoms with Crippen LogP contribution in [0, 0.1) is 0 Å². The summed E-state index contributed by atoms with van der Waals surface area (Å²) in [4.78, 5) is 23.3. The summed E-state index contributed by atoms with van der Waals surface area (Å²) < 4.78 is 5.29. The lowest BCUT2D eigenvalue weighted by atomic mass is 9.91. The van der Waals surface area contributed by atoms with Gasteiger partial charge in [-0.15, -0.1) is 0 Å². The molecular weight excluding hydrogens is 224 g/mol. The van der Waals surface area contributed by atoms with Crippen LogP contribution in [0.4, 0.5) is 0 Å². The van der Waals surface area contributed by atoms with Gasteiger partial charge in [0.25, 0.3) is 0 Å². The maximum atomic E-state index is 10.9. The minimum Gasteiger partial charge on any atom is -0.480 e. The zero-order valence-electron chi connectivity index (χ0n) is 10.1. The van der Waals surface area contributed by atoms with E-state index in [2.05, 4.69) is 0 Å². The van der Waals surface area contributed by atoms with Crippen LogP contribution in [-0.2, 0) is 14.3 Å². The number of carbonyl (C=O) groups is 2. The molecule has 0 radical (unpaired) electrons. The first-order valence-corrected chi connectivity index (χ1v) is 5.80. The highest BCUT2D eigenvalue weighted by Crippen LogP contribution is 2.24. The van der Waals surface area contributed by atoms with E-state index in [-0.39, 0.29) is 25.2 Å². The van der Waals surface area contributed by atoms with Crippen molar-refractivity contribution < 1.29 is 19.4 Å². The number of ether oxygens (including phenoxy) is 1. The average molecular weight is 244 g/mol. The van der Waals surface area contributed by atoms with Crippen molar-refractivity contribution in [2.45, 2.75) is 37.8 Å². The van der Waals surface area contributed by atoms with E-state index in [9.17, 15) is 9.59 Å². The molecule has 0 bridgehead atoms. The van der Waals surface area contributed by atoms with Crippen molar-refractivity contribution >= 4 is 11.9 Å². The van der Waals surface area contributed by atoms with Crippen LogP contribution in [0.2, 0.25) is 0 Å². The van der Waals surface area contributed by atoms with Gasteiger partial charge in [0.1, 0.15) is 0 Å². The summed E-state index contributed by atoms with van der Waals surface area (Å²) in [5.41, 5.74) is 5.14. The predicted octanol–water partition coefficient (Wildman–Crippen LogP) is -0.184. The Balaban J connectivity index is 2.60. The summed E-state index contributed by atoms with van der Waals surface area (Å²) in [6, 6.07) is 0.0669. The molecule has 0 aromatic heterocycles. The van der Waals surface area contributed by atoms with Gasteiger partial charge < -0.3 is 15.6 Å². The van der Waals surface area contributed by atoms with Crippen molar-refractivity contribution in [3.05, 3.63) is 0 Å². The summed E-state index contributed by atoms with van der Waals surface area (Å²) >= 11 is 0. The van der Waals surface area contributed by atoms with E-state index in [1.54, 1.807) is 12.0 Å². The topological polar surface area (TPSA) is 92.9 Å². The van der Waals surface area contributed by atoms with E-state index >= 15 is 0 Å². The van der Waals surface area contributed by atoms with Crippen LogP contribution in [-0.4, -0.2) is 54.2 Å². The minimum absolute atomic E-state index is 0.00655. The molecule has 1 fully saturated rings. The van der Waals surface area contributed by atoms with Crippen LogP contribution in [0.25, 0.3) is 0 Å². The Morgan fingerprint density at radius 1 is 1.41 bits per heavy atom. The predicted molar refractivity (Wildman–Crippen MR) is 61.5 cm³/mol. The second kappa shape index (κ2) is 6.56. The van der Waals surface area contributed by atoms with Crippen LogP contribution in [0.5, 0.6) is 0 Å². The molecule has 1 rings (SSSR count). The third-order valence-electron chi connectivity index (χ3n) is 3.15. The van der Waals surface area contributed by atoms with E-state index in [0.717, 1.165) is 25.7 Å². The number of primary amides is 1. The summed E-state index contributed by atoms with van der Waals surface area (Å²) in [6.07, 6.45) is 3.78. The van der Waals surface area contributed by atoms with E-state index in [0.29, 0.717) is 0 Å². The van der Waals surface area contributed by atoms with Gasteiger partial charge in [-0.2, -0.15) is 0 Å². The largest absolute Gasteiger partial charge is 0.480 e. The fraction of sp³-hybridized carbons (Fsp3) is 0.818. The lowest BCUT2D eigenvalue weighted by Gasteiger charge is -2.35. The Hall–Kier alpha value is -1.14. The number of hydrogen-bond acceptors (Lipinski definition) is 4. The molecule has 0 spiro atoms. The first-order valence-electron chi connectivity index (χ1n) is 5.80. The third-order valence-corrected chi connectivity index (χ3v) is 3.15. The molecule has 6 nitrogen and oxygen atoms in total. The SMILES string of the molecule is COC1CCCC(N(CC(N)=O)CC(=O)O)C1. The van der Waals surface area contributed by atoms with Crippen molar-refractivity contribution in [3.63, 3.8) is 0 Å². The van der Waals surface area contributed by atoms with Gasteiger partial charge in [-0.3, -0.25) is 14.5 Å². The van der Waals surface area contributed by atoms with Crippen LogP contribution < -0.4 is 5.73 Å². The number of aliphatic carboxylic acids is 1. The summed E-state index contributed by atoms with van der Waals surface area (Å²) in [5.74, 6) is -1.43. The highest BCUT2D eigenvalue weighted by atomic mass is 16.5. The summed E-state index contributed by atoms with van der Waals surface area (Å²) in [5, 5.41) is 8.83. The lowest BCUT2D eigenvalue weighted by Crippen LogP contribution is -2.46. The summed E-state index contributed by atoms with van der Waals surface area (Å²) in [6.45, 7) is -0.155. The number of nitrogens with zero attached hydrogens (tertiary/aromatic N) is 1. The van der Waals surface area contributed by atoms with E-state index < -0.39 is 11.9 Å². The zero-order chi connectivity index (χ0) is 12.8. The smallest absolute Gasteiger partial charge is 0.317 e. The molecule has 1 aliphatic rings. The maximum Gasteiger partial charge on any atom is 0.317 e. The Morgan fingerprint density at radius 2 is 2.12 bits per heavy atom. The fourth-order valence-corrected chi connectivity index (χ4v) is 2.35. The number of rotatable bonds is 6. The normalized spacial score (nSPS) is 24.8. The average Bonchev–Trinajstić information content (AvgIpc) is 2.27. The van der Waals surface area contributed by atoms with Crippen LogP contribution in [0.1, 0.15) is 25.7 Å². The molecular formula is C11H20N2O4. The third kappa shape index (κ3) is 4.70. The first-order chi connectivity index (χ1) is 8.02. The Morgan fingerprint density at radius 3 is 2.65 bits per heavy atom. The lowest BCUT2D eigenvalue weighted by molar-refractivity contribution is -0.139. The quantitative estimate of drug-likeness (QED) is 0.676. The second-order valence-electron chi connectivity index (χ2n) is 4.44. The molecule has 2 unspecified atom stereocenters. The van der Waals surface area contributed by atoms with E-state index in [4.69, 9.17) is 15.6 Å². The summed E-state index contributed by atoms with van der Waals surface area (Å²) in [7, 11) is 1.66. The van der Waals surface area contributed by atoms with Gasteiger partial charge >= 0.3 is 5.97 Å². The van der Waals surface area contributed by atoms with Gasteiger partial charge in [0.2, 0.25) is 5.91 Å². The molecule has 1 saturated carbocycles. The van der Waals surface area contributed by atoms with Crippen molar-refractivity contribution in [1.29, 1.82) is 0 Å². The monoisotopic (exact) mass is 244 g/mol. The first kappa shape index (κ1) is 13.9. The molecule has 0 aliphatic heterocycles. The Labute approximate surface area is 101 Å². The van der Waals surface area contributed by atoms with Gasteiger partial charge in [0.15, 0.2) is 0 Å². The molecule has 6 heteroatoms. The Kier molecular flexibility index (Phi) is 5.37. The number of carboxylic acid groups (broad SMARTS) is 1. The van der Waals surface area contributed by atoms with Gasteiger partial charge in [0, 0.05) is 13.2 Å². The highest BCUT2D eigenvalue weighted by molar-refractivity contribution is 5.77. The highest BCUT2D eigenvalue weighted by Gasteiger charge is 2.28. The van der Waals surface area contributed by atoms with Gasteiger partial charge in [-0.1, -0.05) is 0 Å². The van der Waals surface area contributed by atoms with Gasteiger partial charge in [0.05, 0.1) is 19.2 Å². The molecule has 1 aliphatic carbocycles. The van der Waals surface area contributed by atoms with Crippen molar-refractivity contribution in [2.24, 2.45) is 5.73 Å². The molecule has 3 N–H and O–H groups in total. The van der Waals surface area contributed by atoms with Crippen molar-refractivity contribution in [3.8, 4) is 0 Å². The van der Waals surface area contributed by atoms with E-state index in [1.165, 1.54) is 0 Å². The molecule has 1 amide bonds. The number of nitrogens with two attached hydrogens (primary N) is 1.